The molecule has 0 bridgehead atoms. The smallest absolute Gasteiger partial charge is 0.182 e. The summed E-state index contributed by atoms with van der Waals surface area (Å²) in [5.41, 5.74) is 1.27. The number of hydrogen-bond donors (Lipinski definition) is 0. The first kappa shape index (κ1) is 17.8. The van der Waals surface area contributed by atoms with E-state index in [9.17, 15) is 4.39 Å². The molecule has 0 radical (unpaired) electrons. The largest absolute Gasteiger partial charge is 0.341 e. The van der Waals surface area contributed by atoms with E-state index in [4.69, 9.17) is 20.6 Å². The van der Waals surface area contributed by atoms with Gasteiger partial charge in [-0.3, -0.25) is 5.01 Å². The number of alkyl halides is 1. The highest BCUT2D eigenvalue weighted by Crippen LogP contribution is 2.41. The predicted molar refractivity (Wildman–Crippen MR) is 97.4 cm³/mol. The molecule has 2 aromatic heterocycles. The molecular formula is C19H22FN5O3. The molecule has 1 saturated carbocycles. The van der Waals surface area contributed by atoms with Crippen molar-refractivity contribution in [2.45, 2.75) is 75.7 Å². The van der Waals surface area contributed by atoms with Gasteiger partial charge in [-0.05, 0) is 26.7 Å². The Morgan fingerprint density at radius 2 is 2.11 bits per heavy atom. The number of terminal acetylenes is 1. The second-order valence-electron chi connectivity index (χ2n) is 7.94. The molecule has 8 nitrogen and oxygen atoms in total. The van der Waals surface area contributed by atoms with Crippen LogP contribution in [0.5, 0.6) is 0 Å². The van der Waals surface area contributed by atoms with E-state index in [1.807, 2.05) is 23.5 Å². The Bertz CT molecular complexity index is 928. The van der Waals surface area contributed by atoms with Crippen LogP contribution >= 0.6 is 0 Å². The highest BCUT2D eigenvalue weighted by molar-refractivity contribution is 5.69. The highest BCUT2D eigenvalue weighted by atomic mass is 19.1. The van der Waals surface area contributed by atoms with Crippen molar-refractivity contribution in [3.63, 3.8) is 0 Å². The molecule has 28 heavy (non-hydrogen) atoms. The number of aromatic nitrogens is 4. The molecule has 2 aromatic rings. The lowest BCUT2D eigenvalue weighted by molar-refractivity contribution is -0.183. The zero-order chi connectivity index (χ0) is 19.5. The number of fused-ring (bicyclic) bond motifs is 2. The summed E-state index contributed by atoms with van der Waals surface area (Å²) in [7, 11) is 0. The molecule has 5 rings (SSSR count). The lowest BCUT2D eigenvalue weighted by Crippen LogP contribution is -2.54. The summed E-state index contributed by atoms with van der Waals surface area (Å²) in [6.45, 7) is 3.71. The molecule has 9 heteroatoms. The van der Waals surface area contributed by atoms with Crippen LogP contribution in [0, 0.1) is 12.3 Å². The van der Waals surface area contributed by atoms with Crippen LogP contribution in [0.1, 0.15) is 33.1 Å². The summed E-state index contributed by atoms with van der Waals surface area (Å²) in [4.78, 5) is 12.8. The Kier molecular flexibility index (Phi) is 4.05. The third kappa shape index (κ3) is 2.75. The normalized spacial score (nSPS) is 36.5. The Labute approximate surface area is 162 Å². The van der Waals surface area contributed by atoms with Gasteiger partial charge in [0.15, 0.2) is 17.7 Å². The van der Waals surface area contributed by atoms with Crippen molar-refractivity contribution in [1.29, 1.82) is 0 Å². The zero-order valence-electron chi connectivity index (χ0n) is 15.7. The highest BCUT2D eigenvalue weighted by Gasteiger charge is 2.58. The van der Waals surface area contributed by atoms with Crippen molar-refractivity contribution in [3.8, 4) is 12.3 Å². The van der Waals surface area contributed by atoms with E-state index >= 15 is 0 Å². The summed E-state index contributed by atoms with van der Waals surface area (Å²) in [5, 5.41) is 1.97. The summed E-state index contributed by atoms with van der Waals surface area (Å²) < 4.78 is 34.3. The number of halogens is 1. The Hall–Kier alpha value is -2.28. The molecule has 3 aliphatic rings. The molecule has 0 N–H and O–H groups in total. The maximum atomic E-state index is 14.1. The molecule has 0 spiro atoms. The Balaban J connectivity index is 1.58. The average molecular weight is 387 g/mol. The van der Waals surface area contributed by atoms with Crippen LogP contribution in [0.25, 0.3) is 11.2 Å². The fraction of sp³-hybridized carbons (Fsp3) is 0.632. The molecule has 2 unspecified atom stereocenters. The summed E-state index contributed by atoms with van der Waals surface area (Å²) >= 11 is 0. The average Bonchev–Trinajstić information content (AvgIpc) is 3.40. The quantitative estimate of drug-likeness (QED) is 0.740. The van der Waals surface area contributed by atoms with Crippen LogP contribution in [-0.4, -0.2) is 62.2 Å². The van der Waals surface area contributed by atoms with Crippen molar-refractivity contribution in [2.24, 2.45) is 0 Å². The van der Waals surface area contributed by atoms with Crippen LogP contribution < -0.4 is 5.01 Å². The molecule has 3 fully saturated rings. The SMILES string of the molecule is C#C[C@H]1O[C@@H](N([C@@H]2CCC(F)C2)n2cnc3cncnc32)C2OC(C)(C)O[C@@H]21. The summed E-state index contributed by atoms with van der Waals surface area (Å²) in [6, 6.07) is -0.100. The van der Waals surface area contributed by atoms with Crippen LogP contribution in [0.15, 0.2) is 18.9 Å². The van der Waals surface area contributed by atoms with E-state index in [-0.39, 0.29) is 12.1 Å². The second kappa shape index (κ2) is 6.37. The standard InChI is InChI=1S/C19H22FN5O3/c1-4-14-15-16(28-19(2,3)27-15)18(26-14)25(12-6-5-11(20)7-12)24-10-23-13-8-21-9-22-17(13)24/h1,8-12,14-16,18H,5-7H2,2-3H3/t11?,12-,14-,15-,16?,18-/m1/s1. The number of rotatable bonds is 3. The number of imidazole rings is 1. The van der Waals surface area contributed by atoms with Crippen LogP contribution in [-0.2, 0) is 14.2 Å². The van der Waals surface area contributed by atoms with Gasteiger partial charge in [-0.1, -0.05) is 5.92 Å². The molecule has 0 amide bonds. The van der Waals surface area contributed by atoms with E-state index in [0.717, 1.165) is 0 Å². The first-order valence-electron chi connectivity index (χ1n) is 9.50. The molecule has 2 aliphatic heterocycles. The number of hydrogen-bond acceptors (Lipinski definition) is 7. The zero-order valence-corrected chi connectivity index (χ0v) is 15.7. The van der Waals surface area contributed by atoms with Crippen molar-refractivity contribution >= 4 is 11.2 Å². The Morgan fingerprint density at radius 3 is 2.86 bits per heavy atom. The van der Waals surface area contributed by atoms with E-state index in [1.165, 1.54) is 6.33 Å². The van der Waals surface area contributed by atoms with E-state index in [1.54, 1.807) is 12.5 Å². The van der Waals surface area contributed by atoms with Gasteiger partial charge in [-0.2, -0.15) is 0 Å². The fourth-order valence-corrected chi connectivity index (χ4v) is 4.50. The van der Waals surface area contributed by atoms with Crippen LogP contribution in [0.4, 0.5) is 4.39 Å². The van der Waals surface area contributed by atoms with Gasteiger partial charge in [0.1, 0.15) is 42.7 Å². The maximum absolute atomic E-state index is 14.1. The minimum Gasteiger partial charge on any atom is -0.341 e. The Morgan fingerprint density at radius 1 is 1.29 bits per heavy atom. The molecule has 1 aliphatic carbocycles. The van der Waals surface area contributed by atoms with Crippen LogP contribution in [0.3, 0.4) is 0 Å². The van der Waals surface area contributed by atoms with Gasteiger partial charge in [0.2, 0.25) is 0 Å². The van der Waals surface area contributed by atoms with Crippen molar-refractivity contribution in [1.82, 2.24) is 19.6 Å². The molecule has 4 heterocycles. The van der Waals surface area contributed by atoms with Crippen molar-refractivity contribution in [3.05, 3.63) is 18.9 Å². The third-order valence-corrected chi connectivity index (χ3v) is 5.61. The van der Waals surface area contributed by atoms with Gasteiger partial charge in [0, 0.05) is 6.42 Å². The predicted octanol–water partition coefficient (Wildman–Crippen LogP) is 1.53. The minimum absolute atomic E-state index is 0.100. The van der Waals surface area contributed by atoms with Gasteiger partial charge >= 0.3 is 0 Å². The van der Waals surface area contributed by atoms with Crippen molar-refractivity contribution in [2.75, 3.05) is 5.01 Å². The number of nitrogens with zero attached hydrogens (tertiary/aromatic N) is 5. The van der Waals surface area contributed by atoms with Gasteiger partial charge in [0.05, 0.1) is 12.2 Å². The summed E-state index contributed by atoms with van der Waals surface area (Å²) in [5.74, 6) is 1.89. The van der Waals surface area contributed by atoms with Gasteiger partial charge in [-0.15, -0.1) is 6.42 Å². The van der Waals surface area contributed by atoms with Gasteiger partial charge in [-0.25, -0.2) is 24.0 Å². The molecular weight excluding hydrogens is 365 g/mol. The third-order valence-electron chi connectivity index (χ3n) is 5.61. The summed E-state index contributed by atoms with van der Waals surface area (Å²) in [6.07, 6.45) is 9.31. The first-order valence-corrected chi connectivity index (χ1v) is 9.50. The lowest BCUT2D eigenvalue weighted by Gasteiger charge is -2.38. The lowest BCUT2D eigenvalue weighted by atomic mass is 10.1. The molecule has 6 atom stereocenters. The van der Waals surface area contributed by atoms with E-state index < -0.39 is 30.4 Å². The minimum atomic E-state index is -0.852. The topological polar surface area (TPSA) is 74.5 Å². The molecule has 2 saturated heterocycles. The first-order chi connectivity index (χ1) is 13.5. The monoisotopic (exact) mass is 387 g/mol. The van der Waals surface area contributed by atoms with E-state index in [0.29, 0.717) is 30.4 Å². The molecule has 0 aromatic carbocycles. The fourth-order valence-electron chi connectivity index (χ4n) is 4.50. The maximum Gasteiger partial charge on any atom is 0.182 e. The molecule has 148 valence electrons. The van der Waals surface area contributed by atoms with Gasteiger partial charge in [0.25, 0.3) is 0 Å². The van der Waals surface area contributed by atoms with Gasteiger partial charge < -0.3 is 14.2 Å². The van der Waals surface area contributed by atoms with Crippen LogP contribution in [0.2, 0.25) is 0 Å². The second-order valence-corrected chi connectivity index (χ2v) is 7.94. The number of ether oxygens (including phenoxy) is 3. The van der Waals surface area contributed by atoms with Crippen molar-refractivity contribution < 1.29 is 18.6 Å². The van der Waals surface area contributed by atoms with E-state index in [2.05, 4.69) is 20.9 Å².